The minimum atomic E-state index is 0.0372. The molecular formula is C13H19N3O2. The SMILES string of the molecule is CN1CCN=C1NCc1ccc(OCCO)cc1. The molecule has 5 heteroatoms. The Labute approximate surface area is 107 Å². The number of ether oxygens (including phenoxy) is 1. The van der Waals surface area contributed by atoms with Crippen LogP contribution in [0.5, 0.6) is 5.75 Å². The molecule has 0 saturated carbocycles. The largest absolute Gasteiger partial charge is 0.491 e. The van der Waals surface area contributed by atoms with Crippen molar-refractivity contribution in [2.75, 3.05) is 33.4 Å². The van der Waals surface area contributed by atoms with Crippen LogP contribution in [0.15, 0.2) is 29.3 Å². The molecule has 1 aromatic rings. The van der Waals surface area contributed by atoms with Crippen molar-refractivity contribution in [3.63, 3.8) is 0 Å². The van der Waals surface area contributed by atoms with Gasteiger partial charge in [-0.1, -0.05) is 12.1 Å². The van der Waals surface area contributed by atoms with E-state index in [1.165, 1.54) is 5.56 Å². The van der Waals surface area contributed by atoms with Gasteiger partial charge in [-0.3, -0.25) is 4.99 Å². The molecule has 0 saturated heterocycles. The summed E-state index contributed by atoms with van der Waals surface area (Å²) in [6.45, 7) is 2.97. The lowest BCUT2D eigenvalue weighted by Crippen LogP contribution is -2.35. The van der Waals surface area contributed by atoms with Crippen LogP contribution in [0.3, 0.4) is 0 Å². The second-order valence-corrected chi connectivity index (χ2v) is 4.20. The third-order valence-electron chi connectivity index (χ3n) is 2.79. The van der Waals surface area contributed by atoms with Gasteiger partial charge in [0.05, 0.1) is 13.2 Å². The summed E-state index contributed by atoms with van der Waals surface area (Å²) in [6, 6.07) is 7.84. The molecule has 1 aliphatic rings. The van der Waals surface area contributed by atoms with E-state index < -0.39 is 0 Å². The van der Waals surface area contributed by atoms with Crippen molar-refractivity contribution >= 4 is 5.96 Å². The standard InChI is InChI=1S/C13H19N3O2/c1-16-7-6-14-13(16)15-10-11-2-4-12(5-3-11)18-9-8-17/h2-5,17H,6-10H2,1H3,(H,14,15). The number of rotatable bonds is 5. The van der Waals surface area contributed by atoms with Crippen LogP contribution >= 0.6 is 0 Å². The molecule has 0 spiro atoms. The van der Waals surface area contributed by atoms with Crippen molar-refractivity contribution in [2.24, 2.45) is 4.99 Å². The van der Waals surface area contributed by atoms with Gasteiger partial charge >= 0.3 is 0 Å². The average Bonchev–Trinajstić information content (AvgIpc) is 2.81. The first-order chi connectivity index (χ1) is 8.79. The van der Waals surface area contributed by atoms with E-state index >= 15 is 0 Å². The smallest absolute Gasteiger partial charge is 0.194 e. The number of aliphatic hydroxyl groups excluding tert-OH is 1. The zero-order valence-electron chi connectivity index (χ0n) is 10.6. The van der Waals surface area contributed by atoms with Crippen LogP contribution in [0.4, 0.5) is 0 Å². The van der Waals surface area contributed by atoms with Crippen molar-refractivity contribution in [1.82, 2.24) is 10.2 Å². The number of nitrogens with zero attached hydrogens (tertiary/aromatic N) is 2. The third kappa shape index (κ3) is 3.37. The molecule has 0 radical (unpaired) electrons. The van der Waals surface area contributed by atoms with E-state index in [1.807, 2.05) is 31.3 Å². The van der Waals surface area contributed by atoms with E-state index in [1.54, 1.807) is 0 Å². The highest BCUT2D eigenvalue weighted by atomic mass is 16.5. The summed E-state index contributed by atoms with van der Waals surface area (Å²) in [6.07, 6.45) is 0. The molecule has 1 aromatic carbocycles. The van der Waals surface area contributed by atoms with E-state index in [4.69, 9.17) is 9.84 Å². The molecule has 0 atom stereocenters. The van der Waals surface area contributed by atoms with Crippen molar-refractivity contribution in [3.8, 4) is 5.75 Å². The van der Waals surface area contributed by atoms with Crippen LogP contribution in [-0.2, 0) is 6.54 Å². The minimum absolute atomic E-state index is 0.0372. The van der Waals surface area contributed by atoms with Gasteiger partial charge in [-0.05, 0) is 17.7 Å². The van der Waals surface area contributed by atoms with Crippen molar-refractivity contribution in [1.29, 1.82) is 0 Å². The van der Waals surface area contributed by atoms with Gasteiger partial charge in [0.15, 0.2) is 5.96 Å². The molecule has 18 heavy (non-hydrogen) atoms. The molecule has 0 unspecified atom stereocenters. The molecule has 0 amide bonds. The number of benzene rings is 1. The Hall–Kier alpha value is -1.75. The fraction of sp³-hybridized carbons (Fsp3) is 0.462. The Kier molecular flexibility index (Phi) is 4.41. The normalized spacial score (nSPS) is 14.6. The van der Waals surface area contributed by atoms with Gasteiger partial charge in [0.25, 0.3) is 0 Å². The predicted molar refractivity (Wildman–Crippen MR) is 70.8 cm³/mol. The van der Waals surface area contributed by atoms with Crippen LogP contribution in [0.1, 0.15) is 5.56 Å². The number of nitrogens with one attached hydrogen (secondary N) is 1. The van der Waals surface area contributed by atoms with Crippen LogP contribution < -0.4 is 10.1 Å². The molecule has 98 valence electrons. The molecule has 2 N–H and O–H groups in total. The highest BCUT2D eigenvalue weighted by Crippen LogP contribution is 2.12. The van der Waals surface area contributed by atoms with E-state index in [-0.39, 0.29) is 6.61 Å². The van der Waals surface area contributed by atoms with Gasteiger partial charge < -0.3 is 20.1 Å². The van der Waals surface area contributed by atoms with Gasteiger partial charge in [-0.25, -0.2) is 0 Å². The molecular weight excluding hydrogens is 230 g/mol. The monoisotopic (exact) mass is 249 g/mol. The molecule has 1 aliphatic heterocycles. The van der Waals surface area contributed by atoms with Crippen LogP contribution in [0.25, 0.3) is 0 Å². The molecule has 2 rings (SSSR count). The second-order valence-electron chi connectivity index (χ2n) is 4.20. The first-order valence-corrected chi connectivity index (χ1v) is 6.11. The number of likely N-dealkylation sites (N-methyl/N-ethyl adjacent to an activating group) is 1. The Bertz CT molecular complexity index is 403. The lowest BCUT2D eigenvalue weighted by Gasteiger charge is -2.15. The number of guanidine groups is 1. The summed E-state index contributed by atoms with van der Waals surface area (Å²) in [5.74, 6) is 1.73. The van der Waals surface area contributed by atoms with Crippen LogP contribution in [0, 0.1) is 0 Å². The summed E-state index contributed by atoms with van der Waals surface area (Å²) in [5.41, 5.74) is 1.18. The van der Waals surface area contributed by atoms with Gasteiger partial charge in [-0.15, -0.1) is 0 Å². The van der Waals surface area contributed by atoms with Crippen LogP contribution in [-0.4, -0.2) is 49.3 Å². The Morgan fingerprint density at radius 3 is 2.78 bits per heavy atom. The molecule has 0 aliphatic carbocycles. The second kappa shape index (κ2) is 6.26. The Balaban J connectivity index is 1.83. The number of aliphatic imine (C=N–C) groups is 1. The maximum Gasteiger partial charge on any atom is 0.194 e. The highest BCUT2D eigenvalue weighted by molar-refractivity contribution is 5.81. The molecule has 0 bridgehead atoms. The third-order valence-corrected chi connectivity index (χ3v) is 2.79. The van der Waals surface area contributed by atoms with Gasteiger partial charge in [0.2, 0.25) is 0 Å². The van der Waals surface area contributed by atoms with Crippen LogP contribution in [0.2, 0.25) is 0 Å². The zero-order valence-corrected chi connectivity index (χ0v) is 10.6. The number of hydrogen-bond donors (Lipinski definition) is 2. The first-order valence-electron chi connectivity index (χ1n) is 6.11. The quantitative estimate of drug-likeness (QED) is 0.795. The van der Waals surface area contributed by atoms with Crippen molar-refractivity contribution in [3.05, 3.63) is 29.8 Å². The average molecular weight is 249 g/mol. The summed E-state index contributed by atoms with van der Waals surface area (Å²) >= 11 is 0. The minimum Gasteiger partial charge on any atom is -0.491 e. The molecule has 1 heterocycles. The Morgan fingerprint density at radius 1 is 1.39 bits per heavy atom. The fourth-order valence-electron chi connectivity index (χ4n) is 1.77. The Morgan fingerprint density at radius 2 is 2.17 bits per heavy atom. The van der Waals surface area contributed by atoms with Gasteiger partial charge in [0, 0.05) is 20.1 Å². The molecule has 0 fully saturated rings. The maximum atomic E-state index is 8.66. The lowest BCUT2D eigenvalue weighted by atomic mass is 10.2. The van der Waals surface area contributed by atoms with Crippen molar-refractivity contribution in [2.45, 2.75) is 6.54 Å². The maximum absolute atomic E-state index is 8.66. The summed E-state index contributed by atoms with van der Waals surface area (Å²) < 4.78 is 5.30. The van der Waals surface area contributed by atoms with E-state index in [0.29, 0.717) is 6.61 Å². The lowest BCUT2D eigenvalue weighted by molar-refractivity contribution is 0.201. The summed E-state index contributed by atoms with van der Waals surface area (Å²) in [5, 5.41) is 12.0. The molecule has 0 aromatic heterocycles. The van der Waals surface area contributed by atoms with Gasteiger partial charge in [-0.2, -0.15) is 0 Å². The number of aliphatic hydroxyl groups is 1. The van der Waals surface area contributed by atoms with Crippen molar-refractivity contribution < 1.29 is 9.84 Å². The first kappa shape index (κ1) is 12.7. The fourth-order valence-corrected chi connectivity index (χ4v) is 1.77. The number of hydrogen-bond acceptors (Lipinski definition) is 5. The zero-order chi connectivity index (χ0) is 12.8. The highest BCUT2D eigenvalue weighted by Gasteiger charge is 2.10. The molecule has 5 nitrogen and oxygen atoms in total. The van der Waals surface area contributed by atoms with E-state index in [0.717, 1.165) is 31.3 Å². The topological polar surface area (TPSA) is 57.1 Å². The van der Waals surface area contributed by atoms with E-state index in [2.05, 4.69) is 15.2 Å². The predicted octanol–water partition coefficient (Wildman–Crippen LogP) is 0.449. The summed E-state index contributed by atoms with van der Waals surface area (Å²) in [7, 11) is 2.03. The van der Waals surface area contributed by atoms with E-state index in [9.17, 15) is 0 Å². The summed E-state index contributed by atoms with van der Waals surface area (Å²) in [4.78, 5) is 6.48. The van der Waals surface area contributed by atoms with Gasteiger partial charge in [0.1, 0.15) is 12.4 Å².